The molecular weight excluding hydrogens is 384 g/mol. The Bertz CT molecular complexity index is 883. The molecule has 1 aliphatic rings. The number of rotatable bonds is 8. The van der Waals surface area contributed by atoms with Gasteiger partial charge in [0, 0.05) is 19.2 Å². The van der Waals surface area contributed by atoms with E-state index in [2.05, 4.69) is 14.7 Å². The van der Waals surface area contributed by atoms with Crippen molar-refractivity contribution in [3.63, 3.8) is 0 Å². The minimum absolute atomic E-state index is 0.00226. The molecule has 1 fully saturated rings. The van der Waals surface area contributed by atoms with Crippen LogP contribution in [0.1, 0.15) is 13.8 Å². The van der Waals surface area contributed by atoms with Gasteiger partial charge >= 0.3 is 0 Å². The number of morpholine rings is 1. The van der Waals surface area contributed by atoms with Crippen molar-refractivity contribution in [2.75, 3.05) is 49.1 Å². The molecule has 0 unspecified atom stereocenters. The van der Waals surface area contributed by atoms with E-state index >= 15 is 0 Å². The Morgan fingerprint density at radius 1 is 1.11 bits per heavy atom. The second-order valence-electron chi connectivity index (χ2n) is 5.95. The Hall–Kier alpha value is -2.59. The summed E-state index contributed by atoms with van der Waals surface area (Å²) in [6.45, 7) is 7.03. The van der Waals surface area contributed by atoms with Crippen LogP contribution in [0.4, 0.5) is 11.6 Å². The predicted molar refractivity (Wildman–Crippen MR) is 105 cm³/mol. The average Bonchev–Trinajstić information content (AvgIpc) is 2.70. The van der Waals surface area contributed by atoms with Crippen LogP contribution in [-0.4, -0.2) is 57.9 Å². The largest absolute Gasteiger partial charge is 0.494 e. The number of nitrogens with one attached hydrogen (secondary N) is 1. The lowest BCUT2D eigenvalue weighted by molar-refractivity contribution is 0.122. The van der Waals surface area contributed by atoms with Gasteiger partial charge in [-0.25, -0.2) is 18.4 Å². The van der Waals surface area contributed by atoms with Crippen molar-refractivity contribution in [1.29, 1.82) is 0 Å². The Labute approximate surface area is 164 Å². The first kappa shape index (κ1) is 20.2. The summed E-state index contributed by atoms with van der Waals surface area (Å²) >= 11 is 0. The number of ether oxygens (including phenoxy) is 3. The fourth-order valence-electron chi connectivity index (χ4n) is 2.74. The molecule has 0 bridgehead atoms. The number of aromatic nitrogens is 2. The number of benzene rings is 1. The summed E-state index contributed by atoms with van der Waals surface area (Å²) in [6.07, 6.45) is 2.89. The van der Waals surface area contributed by atoms with Crippen molar-refractivity contribution in [3.8, 4) is 11.5 Å². The predicted octanol–water partition coefficient (Wildman–Crippen LogP) is 1.91. The molecule has 2 heterocycles. The maximum Gasteiger partial charge on any atom is 0.265 e. The molecule has 0 saturated carbocycles. The molecule has 1 N–H and O–H groups in total. The number of sulfonamides is 1. The van der Waals surface area contributed by atoms with Crippen LogP contribution in [0.5, 0.6) is 11.5 Å². The van der Waals surface area contributed by atoms with Gasteiger partial charge in [-0.05, 0) is 26.0 Å². The molecule has 3 rings (SSSR count). The first-order valence-electron chi connectivity index (χ1n) is 9.10. The highest BCUT2D eigenvalue weighted by molar-refractivity contribution is 7.92. The van der Waals surface area contributed by atoms with E-state index in [0.29, 0.717) is 51.2 Å². The smallest absolute Gasteiger partial charge is 0.265 e. The lowest BCUT2D eigenvalue weighted by Crippen LogP contribution is -2.37. The second-order valence-corrected chi connectivity index (χ2v) is 7.60. The summed E-state index contributed by atoms with van der Waals surface area (Å²) in [5.74, 6) is 1.24. The zero-order valence-electron chi connectivity index (χ0n) is 15.9. The van der Waals surface area contributed by atoms with Gasteiger partial charge in [0.05, 0.1) is 44.5 Å². The minimum Gasteiger partial charge on any atom is -0.494 e. The van der Waals surface area contributed by atoms with E-state index in [1.807, 2.05) is 11.8 Å². The van der Waals surface area contributed by atoms with Crippen molar-refractivity contribution >= 4 is 21.7 Å². The first-order valence-corrected chi connectivity index (χ1v) is 10.6. The standard InChI is InChI=1S/C18H24N4O5S/c1-3-26-15-5-6-16(27-4-2)17(11-15)28(23,24)21-14-12-19-18(20-13-14)22-7-9-25-10-8-22/h5-6,11-13,21H,3-4,7-10H2,1-2H3. The van der Waals surface area contributed by atoms with Gasteiger partial charge < -0.3 is 19.1 Å². The van der Waals surface area contributed by atoms with Crippen LogP contribution < -0.4 is 19.1 Å². The highest BCUT2D eigenvalue weighted by atomic mass is 32.2. The Kier molecular flexibility index (Phi) is 6.53. The van der Waals surface area contributed by atoms with Gasteiger partial charge in [-0.15, -0.1) is 0 Å². The lowest BCUT2D eigenvalue weighted by Gasteiger charge is -2.26. The van der Waals surface area contributed by atoms with Crippen molar-refractivity contribution < 1.29 is 22.6 Å². The minimum atomic E-state index is -3.91. The normalized spacial score (nSPS) is 14.6. The van der Waals surface area contributed by atoms with Crippen LogP contribution in [0.25, 0.3) is 0 Å². The summed E-state index contributed by atoms with van der Waals surface area (Å²) in [7, 11) is -3.91. The Morgan fingerprint density at radius 3 is 2.43 bits per heavy atom. The molecule has 1 aromatic heterocycles. The highest BCUT2D eigenvalue weighted by Crippen LogP contribution is 2.30. The molecule has 10 heteroatoms. The maximum atomic E-state index is 12.9. The monoisotopic (exact) mass is 408 g/mol. The van der Waals surface area contributed by atoms with E-state index in [9.17, 15) is 8.42 Å². The third-order valence-corrected chi connectivity index (χ3v) is 5.40. The van der Waals surface area contributed by atoms with Gasteiger partial charge in [-0.2, -0.15) is 0 Å². The van der Waals surface area contributed by atoms with Crippen LogP contribution in [0.2, 0.25) is 0 Å². The van der Waals surface area contributed by atoms with Crippen LogP contribution in [0.15, 0.2) is 35.5 Å². The van der Waals surface area contributed by atoms with Crippen molar-refractivity contribution in [2.45, 2.75) is 18.7 Å². The fourth-order valence-corrected chi connectivity index (χ4v) is 3.93. The number of hydrogen-bond acceptors (Lipinski definition) is 8. The van der Waals surface area contributed by atoms with E-state index in [4.69, 9.17) is 14.2 Å². The second kappa shape index (κ2) is 9.07. The summed E-state index contributed by atoms with van der Waals surface area (Å²) in [4.78, 5) is 10.5. The van der Waals surface area contributed by atoms with Crippen LogP contribution in [0.3, 0.4) is 0 Å². The van der Waals surface area contributed by atoms with E-state index < -0.39 is 10.0 Å². The zero-order chi connectivity index (χ0) is 20.0. The molecule has 1 aromatic carbocycles. The van der Waals surface area contributed by atoms with Gasteiger partial charge in [-0.1, -0.05) is 0 Å². The number of nitrogens with zero attached hydrogens (tertiary/aromatic N) is 3. The van der Waals surface area contributed by atoms with E-state index in [1.54, 1.807) is 19.1 Å². The number of hydrogen-bond donors (Lipinski definition) is 1. The molecule has 28 heavy (non-hydrogen) atoms. The molecule has 1 aliphatic heterocycles. The Morgan fingerprint density at radius 2 is 1.79 bits per heavy atom. The van der Waals surface area contributed by atoms with E-state index in [1.165, 1.54) is 18.5 Å². The topological polar surface area (TPSA) is 103 Å². The molecule has 9 nitrogen and oxygen atoms in total. The van der Waals surface area contributed by atoms with Crippen LogP contribution >= 0.6 is 0 Å². The van der Waals surface area contributed by atoms with Gasteiger partial charge in [-0.3, -0.25) is 4.72 Å². The van der Waals surface area contributed by atoms with E-state index in [0.717, 1.165) is 0 Å². The fraction of sp³-hybridized carbons (Fsp3) is 0.444. The average molecular weight is 408 g/mol. The van der Waals surface area contributed by atoms with Crippen LogP contribution in [0, 0.1) is 0 Å². The summed E-state index contributed by atoms with van der Waals surface area (Å²) in [6, 6.07) is 4.70. The van der Waals surface area contributed by atoms with Crippen molar-refractivity contribution in [1.82, 2.24) is 9.97 Å². The molecule has 0 spiro atoms. The molecular formula is C18H24N4O5S. The zero-order valence-corrected chi connectivity index (χ0v) is 16.7. The van der Waals surface area contributed by atoms with Gasteiger partial charge in [0.25, 0.3) is 10.0 Å². The molecule has 0 atom stereocenters. The SMILES string of the molecule is CCOc1ccc(OCC)c(S(=O)(=O)Nc2cnc(N3CCOCC3)nc2)c1. The van der Waals surface area contributed by atoms with Gasteiger partial charge in [0.2, 0.25) is 5.95 Å². The molecule has 0 aliphatic carbocycles. The highest BCUT2D eigenvalue weighted by Gasteiger charge is 2.22. The van der Waals surface area contributed by atoms with E-state index in [-0.39, 0.29) is 16.3 Å². The lowest BCUT2D eigenvalue weighted by atomic mass is 10.3. The molecule has 0 amide bonds. The molecule has 1 saturated heterocycles. The molecule has 152 valence electrons. The molecule has 0 radical (unpaired) electrons. The molecule has 2 aromatic rings. The number of anilines is 2. The summed E-state index contributed by atoms with van der Waals surface area (Å²) in [5.41, 5.74) is 0.265. The summed E-state index contributed by atoms with van der Waals surface area (Å²) < 4.78 is 44.5. The third-order valence-electron chi connectivity index (χ3n) is 4.00. The first-order chi connectivity index (χ1) is 13.5. The third kappa shape index (κ3) is 4.82. The van der Waals surface area contributed by atoms with Crippen molar-refractivity contribution in [2.24, 2.45) is 0 Å². The summed E-state index contributed by atoms with van der Waals surface area (Å²) in [5, 5.41) is 0. The van der Waals surface area contributed by atoms with Crippen molar-refractivity contribution in [3.05, 3.63) is 30.6 Å². The van der Waals surface area contributed by atoms with Gasteiger partial charge in [0.1, 0.15) is 16.4 Å². The Balaban J connectivity index is 1.81. The maximum absolute atomic E-state index is 12.9. The quantitative estimate of drug-likeness (QED) is 0.707. The van der Waals surface area contributed by atoms with Crippen LogP contribution in [-0.2, 0) is 14.8 Å². The van der Waals surface area contributed by atoms with Gasteiger partial charge in [0.15, 0.2) is 0 Å².